The minimum absolute atomic E-state index is 0.0138. The number of carbonyl (C=O) groups is 1. The van der Waals surface area contributed by atoms with Crippen molar-refractivity contribution in [2.75, 3.05) is 51.2 Å². The Bertz CT molecular complexity index is 1520. The number of aryl methyl sites for hydroxylation is 2. The monoisotopic (exact) mass is 538 g/mol. The summed E-state index contributed by atoms with van der Waals surface area (Å²) < 4.78 is 0. The minimum atomic E-state index is -0.679. The van der Waals surface area contributed by atoms with E-state index in [1.807, 2.05) is 42.3 Å². The number of piperazine rings is 1. The van der Waals surface area contributed by atoms with E-state index in [2.05, 4.69) is 64.1 Å². The van der Waals surface area contributed by atoms with Gasteiger partial charge in [0.15, 0.2) is 5.65 Å². The molecule has 4 heterocycles. The lowest BCUT2D eigenvalue weighted by Crippen LogP contribution is -2.45. The lowest BCUT2D eigenvalue weighted by atomic mass is 9.93. The number of hydrogen-bond donors (Lipinski definition) is 2. The number of carbonyl (C=O) groups excluding carboxylic acids is 1. The Morgan fingerprint density at radius 1 is 0.900 bits per heavy atom. The summed E-state index contributed by atoms with van der Waals surface area (Å²) in [6.07, 6.45) is 3.17. The SMILES string of the molecule is Cc1cc(-c2cc3c(-c4ccc(C(=O)N5CCC(C)(O)CC5)cc4)c[nH]c3nn2)cc(C)c1N1CCN(C)CC1. The quantitative estimate of drug-likeness (QED) is 0.393. The van der Waals surface area contributed by atoms with Crippen LogP contribution in [-0.4, -0.2) is 87.9 Å². The van der Waals surface area contributed by atoms with Crippen LogP contribution in [0, 0.1) is 13.8 Å². The van der Waals surface area contributed by atoms with Crippen molar-refractivity contribution < 1.29 is 9.90 Å². The molecule has 40 heavy (non-hydrogen) atoms. The normalized spacial score (nSPS) is 17.9. The predicted molar refractivity (Wildman–Crippen MR) is 160 cm³/mol. The van der Waals surface area contributed by atoms with E-state index in [-0.39, 0.29) is 5.91 Å². The first-order valence-electron chi connectivity index (χ1n) is 14.2. The molecule has 0 aliphatic carbocycles. The number of likely N-dealkylation sites (N-methyl/N-ethyl adjacent to an activating group) is 1. The maximum atomic E-state index is 13.0. The molecule has 4 aromatic rings. The van der Waals surface area contributed by atoms with Gasteiger partial charge in [-0.2, -0.15) is 0 Å². The zero-order valence-corrected chi connectivity index (χ0v) is 23.9. The van der Waals surface area contributed by atoms with Crippen LogP contribution >= 0.6 is 0 Å². The van der Waals surface area contributed by atoms with Crippen molar-refractivity contribution in [3.8, 4) is 22.4 Å². The van der Waals surface area contributed by atoms with E-state index in [9.17, 15) is 9.90 Å². The van der Waals surface area contributed by atoms with Crippen molar-refractivity contribution in [3.63, 3.8) is 0 Å². The molecular weight excluding hydrogens is 500 g/mol. The third-order valence-electron chi connectivity index (χ3n) is 8.61. The summed E-state index contributed by atoms with van der Waals surface area (Å²) in [5.74, 6) is 0.0138. The summed E-state index contributed by atoms with van der Waals surface area (Å²) >= 11 is 0. The first kappa shape index (κ1) is 26.5. The number of rotatable bonds is 4. The molecule has 208 valence electrons. The van der Waals surface area contributed by atoms with Crippen molar-refractivity contribution in [3.05, 3.63) is 65.4 Å². The second kappa shape index (κ2) is 10.3. The minimum Gasteiger partial charge on any atom is -0.390 e. The Kier molecular flexibility index (Phi) is 6.84. The lowest BCUT2D eigenvalue weighted by Gasteiger charge is -2.36. The highest BCUT2D eigenvalue weighted by Crippen LogP contribution is 2.34. The molecule has 2 fully saturated rings. The molecule has 2 aliphatic heterocycles. The molecule has 2 aromatic heterocycles. The van der Waals surface area contributed by atoms with E-state index in [4.69, 9.17) is 0 Å². The van der Waals surface area contributed by atoms with Crippen LogP contribution in [0.4, 0.5) is 5.69 Å². The first-order valence-corrected chi connectivity index (χ1v) is 14.2. The number of likely N-dealkylation sites (tertiary alicyclic amines) is 1. The van der Waals surface area contributed by atoms with E-state index >= 15 is 0 Å². The molecular formula is C32H38N6O2. The van der Waals surface area contributed by atoms with E-state index in [1.54, 1.807) is 0 Å². The van der Waals surface area contributed by atoms with Crippen LogP contribution in [0.1, 0.15) is 41.3 Å². The molecule has 0 radical (unpaired) electrons. The third kappa shape index (κ3) is 5.09. The number of aliphatic hydroxyl groups is 1. The highest BCUT2D eigenvalue weighted by atomic mass is 16.3. The maximum Gasteiger partial charge on any atom is 0.253 e. The van der Waals surface area contributed by atoms with Gasteiger partial charge in [-0.05, 0) is 87.7 Å². The molecule has 0 spiro atoms. The largest absolute Gasteiger partial charge is 0.390 e. The Hall–Kier alpha value is -3.75. The van der Waals surface area contributed by atoms with Gasteiger partial charge < -0.3 is 24.8 Å². The summed E-state index contributed by atoms with van der Waals surface area (Å²) in [4.78, 5) is 23.0. The van der Waals surface area contributed by atoms with E-state index < -0.39 is 5.60 Å². The predicted octanol–water partition coefficient (Wildman–Crippen LogP) is 4.65. The third-order valence-corrected chi connectivity index (χ3v) is 8.61. The Labute approximate surface area is 235 Å². The van der Waals surface area contributed by atoms with Crippen LogP contribution in [0.3, 0.4) is 0 Å². The summed E-state index contributed by atoms with van der Waals surface area (Å²) in [5.41, 5.74) is 8.52. The molecule has 0 unspecified atom stereocenters. The number of benzene rings is 2. The van der Waals surface area contributed by atoms with Crippen LogP contribution in [0.25, 0.3) is 33.4 Å². The van der Waals surface area contributed by atoms with Gasteiger partial charge >= 0.3 is 0 Å². The van der Waals surface area contributed by atoms with Crippen molar-refractivity contribution in [2.24, 2.45) is 0 Å². The number of hydrogen-bond acceptors (Lipinski definition) is 6. The topological polar surface area (TPSA) is 88.6 Å². The number of anilines is 1. The molecule has 6 rings (SSSR count). The zero-order chi connectivity index (χ0) is 28.0. The maximum absolute atomic E-state index is 13.0. The molecule has 8 nitrogen and oxygen atoms in total. The molecule has 0 bridgehead atoms. The summed E-state index contributed by atoms with van der Waals surface area (Å²) in [6, 6.07) is 14.3. The van der Waals surface area contributed by atoms with Crippen LogP contribution in [0.5, 0.6) is 0 Å². The highest BCUT2D eigenvalue weighted by molar-refractivity contribution is 5.97. The smallest absolute Gasteiger partial charge is 0.253 e. The molecule has 1 amide bonds. The standard InChI is InChI=1S/C32H38N6O2/c1-21-17-25(18-22(2)29(21)37-15-13-36(4)14-16-37)28-19-26-27(20-33-30(26)35-34-28)23-5-7-24(8-6-23)31(39)38-11-9-32(3,40)10-12-38/h5-8,17-20,40H,9-16H2,1-4H3,(H,33,35). The van der Waals surface area contributed by atoms with Crippen LogP contribution in [-0.2, 0) is 0 Å². The average Bonchev–Trinajstić information content (AvgIpc) is 3.37. The number of H-pyrrole nitrogens is 1. The molecule has 2 aromatic carbocycles. The Balaban J connectivity index is 1.25. The molecule has 0 saturated carbocycles. The van der Waals surface area contributed by atoms with Crippen LogP contribution in [0.2, 0.25) is 0 Å². The first-order chi connectivity index (χ1) is 19.2. The fourth-order valence-corrected chi connectivity index (χ4v) is 6.10. The zero-order valence-electron chi connectivity index (χ0n) is 23.9. The Morgan fingerprint density at radius 3 is 2.20 bits per heavy atom. The van der Waals surface area contributed by atoms with Gasteiger partial charge in [0.2, 0.25) is 0 Å². The molecule has 2 aliphatic rings. The molecule has 2 saturated heterocycles. The molecule has 8 heteroatoms. The van der Waals surface area contributed by atoms with Crippen molar-refractivity contribution in [1.29, 1.82) is 0 Å². The van der Waals surface area contributed by atoms with Gasteiger partial charge in [0.25, 0.3) is 5.91 Å². The number of aromatic amines is 1. The van der Waals surface area contributed by atoms with Crippen LogP contribution < -0.4 is 4.90 Å². The summed E-state index contributed by atoms with van der Waals surface area (Å²) in [6.45, 7) is 11.6. The number of fused-ring (bicyclic) bond motifs is 1. The van der Waals surface area contributed by atoms with Crippen molar-refractivity contribution in [1.82, 2.24) is 25.0 Å². The highest BCUT2D eigenvalue weighted by Gasteiger charge is 2.30. The van der Waals surface area contributed by atoms with Gasteiger partial charge in [-0.25, -0.2) is 0 Å². The van der Waals surface area contributed by atoms with Gasteiger partial charge in [0.1, 0.15) is 0 Å². The van der Waals surface area contributed by atoms with Crippen LogP contribution in [0.15, 0.2) is 48.7 Å². The summed E-state index contributed by atoms with van der Waals surface area (Å²) in [5, 5.41) is 20.3. The second-order valence-corrected chi connectivity index (χ2v) is 11.8. The van der Waals surface area contributed by atoms with Gasteiger partial charge in [-0.3, -0.25) is 4.79 Å². The van der Waals surface area contributed by atoms with E-state index in [0.717, 1.165) is 59.6 Å². The van der Waals surface area contributed by atoms with E-state index in [1.165, 1.54) is 16.8 Å². The van der Waals surface area contributed by atoms with Gasteiger partial charge in [0.05, 0.1) is 11.3 Å². The number of nitrogens with zero attached hydrogens (tertiary/aromatic N) is 5. The average molecular weight is 539 g/mol. The van der Waals surface area contributed by atoms with E-state index in [0.29, 0.717) is 31.5 Å². The van der Waals surface area contributed by atoms with Crippen molar-refractivity contribution >= 4 is 22.6 Å². The fourth-order valence-electron chi connectivity index (χ4n) is 6.10. The van der Waals surface area contributed by atoms with Gasteiger partial charge in [0, 0.05) is 73.2 Å². The fraction of sp³-hybridized carbons (Fsp3) is 0.406. The summed E-state index contributed by atoms with van der Waals surface area (Å²) in [7, 11) is 2.18. The number of nitrogens with one attached hydrogen (secondary N) is 1. The van der Waals surface area contributed by atoms with Crippen molar-refractivity contribution in [2.45, 2.75) is 39.2 Å². The Morgan fingerprint density at radius 2 is 1.55 bits per heavy atom. The second-order valence-electron chi connectivity index (χ2n) is 11.8. The van der Waals surface area contributed by atoms with Gasteiger partial charge in [-0.15, -0.1) is 10.2 Å². The number of aromatic nitrogens is 3. The number of amides is 1. The van der Waals surface area contributed by atoms with Gasteiger partial charge in [-0.1, -0.05) is 12.1 Å². The number of piperidine rings is 1. The molecule has 0 atom stereocenters. The lowest BCUT2D eigenvalue weighted by molar-refractivity contribution is -0.00202. The molecule has 2 N–H and O–H groups in total.